The Morgan fingerprint density at radius 1 is 1.37 bits per heavy atom. The zero-order valence-electron chi connectivity index (χ0n) is 11.4. The molecule has 0 bridgehead atoms. The van der Waals surface area contributed by atoms with Crippen LogP contribution in [0, 0.1) is 5.82 Å². The molecule has 0 aliphatic rings. The standard InChI is InChI=1S/C13H18BrFN2OSi/c1-19(2,3)5-4-18-9-17-13-7-12(15)11(14)6-10(13)8-16-17/h6-8H,4-5,9H2,1-3H3. The van der Waals surface area contributed by atoms with Crippen LogP contribution in [-0.4, -0.2) is 24.5 Å². The number of nitrogens with zero attached hydrogens (tertiary/aromatic N) is 2. The van der Waals surface area contributed by atoms with Gasteiger partial charge in [-0.3, -0.25) is 0 Å². The van der Waals surface area contributed by atoms with Gasteiger partial charge in [0.2, 0.25) is 0 Å². The van der Waals surface area contributed by atoms with Crippen LogP contribution in [0.1, 0.15) is 0 Å². The molecule has 0 saturated heterocycles. The molecule has 1 aromatic carbocycles. The lowest BCUT2D eigenvalue weighted by Crippen LogP contribution is -2.22. The zero-order valence-corrected chi connectivity index (χ0v) is 14.0. The van der Waals surface area contributed by atoms with Crippen LogP contribution < -0.4 is 0 Å². The third-order valence-electron chi connectivity index (χ3n) is 2.89. The molecule has 2 rings (SSSR count). The number of rotatable bonds is 5. The molecule has 0 unspecified atom stereocenters. The number of hydrogen-bond donors (Lipinski definition) is 0. The summed E-state index contributed by atoms with van der Waals surface area (Å²) in [4.78, 5) is 0. The Balaban J connectivity index is 2.03. The lowest BCUT2D eigenvalue weighted by Gasteiger charge is -2.15. The first-order valence-electron chi connectivity index (χ1n) is 6.25. The van der Waals surface area contributed by atoms with Gasteiger partial charge in [-0.25, -0.2) is 9.07 Å². The largest absolute Gasteiger partial charge is 0.360 e. The summed E-state index contributed by atoms with van der Waals surface area (Å²) < 4.78 is 21.3. The van der Waals surface area contributed by atoms with Crippen molar-refractivity contribution in [2.45, 2.75) is 32.4 Å². The Hall–Kier alpha value is -0.723. The molecular formula is C13H18BrFN2OSi. The molecule has 2 aromatic rings. The van der Waals surface area contributed by atoms with Crippen molar-refractivity contribution in [2.75, 3.05) is 6.61 Å². The van der Waals surface area contributed by atoms with Gasteiger partial charge in [-0.1, -0.05) is 19.6 Å². The summed E-state index contributed by atoms with van der Waals surface area (Å²) in [7, 11) is -1.07. The van der Waals surface area contributed by atoms with E-state index in [1.807, 2.05) is 0 Å². The summed E-state index contributed by atoms with van der Waals surface area (Å²) in [6.45, 7) is 8.04. The zero-order chi connectivity index (χ0) is 14.0. The summed E-state index contributed by atoms with van der Waals surface area (Å²) in [6.07, 6.45) is 1.72. The second-order valence-electron chi connectivity index (χ2n) is 5.82. The third kappa shape index (κ3) is 3.87. The van der Waals surface area contributed by atoms with Crippen molar-refractivity contribution in [3.63, 3.8) is 0 Å². The first kappa shape index (κ1) is 14.7. The van der Waals surface area contributed by atoms with Crippen LogP contribution in [0.4, 0.5) is 4.39 Å². The molecule has 0 radical (unpaired) electrons. The van der Waals surface area contributed by atoms with Gasteiger partial charge in [0.25, 0.3) is 0 Å². The molecular weight excluding hydrogens is 327 g/mol. The number of ether oxygens (including phenoxy) is 1. The smallest absolute Gasteiger partial charge is 0.139 e. The number of benzene rings is 1. The summed E-state index contributed by atoms with van der Waals surface area (Å²) >= 11 is 3.17. The second kappa shape index (κ2) is 5.72. The van der Waals surface area contributed by atoms with E-state index < -0.39 is 8.07 Å². The summed E-state index contributed by atoms with van der Waals surface area (Å²) in [5.74, 6) is -0.281. The number of fused-ring (bicyclic) bond motifs is 1. The highest BCUT2D eigenvalue weighted by atomic mass is 79.9. The molecule has 0 amide bonds. The van der Waals surface area contributed by atoms with E-state index in [1.165, 1.54) is 6.07 Å². The molecule has 104 valence electrons. The average molecular weight is 345 g/mol. The van der Waals surface area contributed by atoms with Crippen molar-refractivity contribution in [2.24, 2.45) is 0 Å². The average Bonchev–Trinajstić information content (AvgIpc) is 2.67. The highest BCUT2D eigenvalue weighted by Crippen LogP contribution is 2.23. The van der Waals surface area contributed by atoms with Gasteiger partial charge in [0.05, 0.1) is 16.2 Å². The number of halogens is 2. The number of aromatic nitrogens is 2. The Kier molecular flexibility index (Phi) is 4.42. The highest BCUT2D eigenvalue weighted by molar-refractivity contribution is 9.10. The monoisotopic (exact) mass is 344 g/mol. The molecule has 1 aromatic heterocycles. The molecule has 6 heteroatoms. The Morgan fingerprint density at radius 3 is 2.79 bits per heavy atom. The Bertz CT molecular complexity index is 580. The molecule has 3 nitrogen and oxygen atoms in total. The molecule has 0 aliphatic heterocycles. The third-order valence-corrected chi connectivity index (χ3v) is 5.21. The van der Waals surface area contributed by atoms with Crippen molar-refractivity contribution in [1.82, 2.24) is 9.78 Å². The summed E-state index contributed by atoms with van der Waals surface area (Å²) in [5.41, 5.74) is 0.758. The Labute approximate surface area is 121 Å². The topological polar surface area (TPSA) is 27.1 Å². The van der Waals surface area contributed by atoms with E-state index in [0.717, 1.165) is 23.6 Å². The predicted molar refractivity (Wildman–Crippen MR) is 81.5 cm³/mol. The fraction of sp³-hybridized carbons (Fsp3) is 0.462. The van der Waals surface area contributed by atoms with Crippen LogP contribution >= 0.6 is 15.9 Å². The maximum atomic E-state index is 13.5. The SMILES string of the molecule is C[Si](C)(C)CCOCn1ncc2cc(Br)c(F)cc21. The predicted octanol–water partition coefficient (Wildman–Crippen LogP) is 4.25. The molecule has 0 atom stereocenters. The summed E-state index contributed by atoms with van der Waals surface area (Å²) in [6, 6.07) is 4.33. The van der Waals surface area contributed by atoms with Gasteiger partial charge in [0.1, 0.15) is 12.5 Å². The minimum absolute atomic E-state index is 0.281. The molecule has 0 spiro atoms. The maximum Gasteiger partial charge on any atom is 0.139 e. The lowest BCUT2D eigenvalue weighted by molar-refractivity contribution is 0.0817. The van der Waals surface area contributed by atoms with Crippen LogP contribution in [-0.2, 0) is 11.5 Å². The molecule has 0 aliphatic carbocycles. The lowest BCUT2D eigenvalue weighted by atomic mass is 10.2. The van der Waals surface area contributed by atoms with Crippen LogP contribution in [0.3, 0.4) is 0 Å². The fourth-order valence-electron chi connectivity index (χ4n) is 1.71. The molecule has 0 fully saturated rings. The Morgan fingerprint density at radius 2 is 2.11 bits per heavy atom. The second-order valence-corrected chi connectivity index (χ2v) is 12.3. The van der Waals surface area contributed by atoms with Gasteiger partial charge in [0.15, 0.2) is 0 Å². The maximum absolute atomic E-state index is 13.5. The number of hydrogen-bond acceptors (Lipinski definition) is 2. The van der Waals surface area contributed by atoms with Crippen molar-refractivity contribution in [3.8, 4) is 0 Å². The van der Waals surface area contributed by atoms with Crippen LogP contribution in [0.2, 0.25) is 25.7 Å². The van der Waals surface area contributed by atoms with Gasteiger partial charge in [-0.2, -0.15) is 5.10 Å². The van der Waals surface area contributed by atoms with E-state index in [2.05, 4.69) is 40.7 Å². The molecule has 0 N–H and O–H groups in total. The van der Waals surface area contributed by atoms with Gasteiger partial charge in [0, 0.05) is 26.1 Å². The van der Waals surface area contributed by atoms with Crippen LogP contribution in [0.25, 0.3) is 10.9 Å². The van der Waals surface area contributed by atoms with Gasteiger partial charge in [-0.15, -0.1) is 0 Å². The van der Waals surface area contributed by atoms with Gasteiger partial charge in [-0.05, 0) is 28.0 Å². The molecule has 19 heavy (non-hydrogen) atoms. The van der Waals surface area contributed by atoms with E-state index >= 15 is 0 Å². The summed E-state index contributed by atoms with van der Waals surface area (Å²) in [5, 5.41) is 5.13. The van der Waals surface area contributed by atoms with Crippen molar-refractivity contribution in [3.05, 3.63) is 28.6 Å². The van der Waals surface area contributed by atoms with E-state index in [-0.39, 0.29) is 5.82 Å². The first-order chi connectivity index (χ1) is 8.87. The van der Waals surface area contributed by atoms with E-state index in [1.54, 1.807) is 16.9 Å². The fourth-order valence-corrected chi connectivity index (χ4v) is 2.82. The van der Waals surface area contributed by atoms with E-state index in [9.17, 15) is 4.39 Å². The first-order valence-corrected chi connectivity index (χ1v) is 10.8. The van der Waals surface area contributed by atoms with Crippen molar-refractivity contribution < 1.29 is 9.13 Å². The van der Waals surface area contributed by atoms with E-state index in [0.29, 0.717) is 11.2 Å². The van der Waals surface area contributed by atoms with E-state index in [4.69, 9.17) is 4.74 Å². The van der Waals surface area contributed by atoms with Crippen molar-refractivity contribution >= 4 is 34.9 Å². The van der Waals surface area contributed by atoms with Gasteiger partial charge >= 0.3 is 0 Å². The normalized spacial score (nSPS) is 12.3. The van der Waals surface area contributed by atoms with Crippen LogP contribution in [0.5, 0.6) is 0 Å². The van der Waals surface area contributed by atoms with Crippen molar-refractivity contribution in [1.29, 1.82) is 0 Å². The quantitative estimate of drug-likeness (QED) is 0.598. The highest BCUT2D eigenvalue weighted by Gasteiger charge is 2.12. The minimum atomic E-state index is -1.07. The van der Waals surface area contributed by atoms with Crippen LogP contribution in [0.15, 0.2) is 22.8 Å². The van der Waals surface area contributed by atoms with Gasteiger partial charge < -0.3 is 4.74 Å². The molecule has 1 heterocycles. The minimum Gasteiger partial charge on any atom is -0.360 e. The molecule has 0 saturated carbocycles.